The molecule has 0 saturated heterocycles. The van der Waals surface area contributed by atoms with Gasteiger partial charge in [0, 0.05) is 18.5 Å². The zero-order valence-corrected chi connectivity index (χ0v) is 15.0. The molecule has 1 heterocycles. The maximum Gasteiger partial charge on any atom is 0.264 e. The van der Waals surface area contributed by atoms with Crippen LogP contribution < -0.4 is 10.1 Å². The fraction of sp³-hybridized carbons (Fsp3) is 0.222. The summed E-state index contributed by atoms with van der Waals surface area (Å²) in [5, 5.41) is 3.73. The number of hydrogen-bond donors (Lipinski definition) is 1. The van der Waals surface area contributed by atoms with E-state index in [0.29, 0.717) is 27.9 Å². The minimum Gasteiger partial charge on any atom is -0.480 e. The van der Waals surface area contributed by atoms with E-state index < -0.39 is 6.10 Å². The number of anilines is 1. The zero-order chi connectivity index (χ0) is 18.0. The van der Waals surface area contributed by atoms with Crippen molar-refractivity contribution in [2.45, 2.75) is 12.5 Å². The Kier molecular flexibility index (Phi) is 5.16. The summed E-state index contributed by atoms with van der Waals surface area (Å²) in [6, 6.07) is 12.2. The van der Waals surface area contributed by atoms with Crippen molar-refractivity contribution in [1.29, 1.82) is 0 Å². The van der Waals surface area contributed by atoms with Crippen LogP contribution in [0.4, 0.5) is 5.69 Å². The Labute approximate surface area is 155 Å². The first-order valence-electron chi connectivity index (χ1n) is 7.68. The number of nitrogens with zero attached hydrogens (tertiary/aromatic N) is 1. The third kappa shape index (κ3) is 4.06. The highest BCUT2D eigenvalue weighted by Gasteiger charge is 2.31. The third-order valence-corrected chi connectivity index (χ3v) is 4.44. The summed E-state index contributed by atoms with van der Waals surface area (Å²) in [5.74, 6) is 0.0563. The number of hydrogen-bond acceptors (Lipinski definition) is 3. The van der Waals surface area contributed by atoms with Crippen LogP contribution in [0, 0.1) is 0 Å². The highest BCUT2D eigenvalue weighted by molar-refractivity contribution is 6.33. The molecule has 0 bridgehead atoms. The van der Waals surface area contributed by atoms with E-state index in [1.165, 1.54) is 4.90 Å². The molecule has 0 radical (unpaired) electrons. The molecule has 7 heteroatoms. The van der Waals surface area contributed by atoms with Crippen LogP contribution in [0.15, 0.2) is 42.5 Å². The molecule has 1 aliphatic heterocycles. The van der Waals surface area contributed by atoms with Gasteiger partial charge in [-0.15, -0.1) is 0 Å². The lowest BCUT2D eigenvalue weighted by molar-refractivity contribution is -0.139. The van der Waals surface area contributed by atoms with E-state index in [-0.39, 0.29) is 18.4 Å². The largest absolute Gasteiger partial charge is 0.480 e. The molecule has 0 aromatic heterocycles. The second kappa shape index (κ2) is 7.33. The van der Waals surface area contributed by atoms with Crippen molar-refractivity contribution in [2.24, 2.45) is 0 Å². The van der Waals surface area contributed by atoms with Gasteiger partial charge in [0.15, 0.2) is 6.10 Å². The number of para-hydroxylation sites is 1. The van der Waals surface area contributed by atoms with E-state index in [9.17, 15) is 9.59 Å². The second-order valence-corrected chi connectivity index (χ2v) is 6.63. The monoisotopic (exact) mass is 378 g/mol. The number of likely N-dealkylation sites (N-methyl/N-ethyl adjacent to an activating group) is 1. The molecule has 0 spiro atoms. The Balaban J connectivity index is 1.58. The van der Waals surface area contributed by atoms with Gasteiger partial charge >= 0.3 is 0 Å². The Morgan fingerprint density at radius 2 is 2.00 bits per heavy atom. The Morgan fingerprint density at radius 1 is 1.24 bits per heavy atom. The maximum absolute atomic E-state index is 12.5. The van der Waals surface area contributed by atoms with E-state index in [1.54, 1.807) is 49.5 Å². The third-order valence-electron chi connectivity index (χ3n) is 3.88. The van der Waals surface area contributed by atoms with Crippen LogP contribution in [0.3, 0.4) is 0 Å². The van der Waals surface area contributed by atoms with Gasteiger partial charge in [-0.1, -0.05) is 35.3 Å². The number of fused-ring (bicyclic) bond motifs is 1. The van der Waals surface area contributed by atoms with Crippen molar-refractivity contribution in [3.05, 3.63) is 58.1 Å². The normalized spacial score (nSPS) is 15.2. The second-order valence-electron chi connectivity index (χ2n) is 5.78. The molecule has 3 rings (SSSR count). The first kappa shape index (κ1) is 17.6. The van der Waals surface area contributed by atoms with Crippen molar-refractivity contribution in [2.75, 3.05) is 18.9 Å². The fourth-order valence-electron chi connectivity index (χ4n) is 2.65. The molecule has 1 N–H and O–H groups in total. The molecule has 5 nitrogen and oxygen atoms in total. The zero-order valence-electron chi connectivity index (χ0n) is 13.5. The summed E-state index contributed by atoms with van der Waals surface area (Å²) < 4.78 is 5.66. The Bertz CT molecular complexity index is 826. The summed E-state index contributed by atoms with van der Waals surface area (Å²) >= 11 is 12.0. The average Bonchev–Trinajstić information content (AvgIpc) is 2.99. The smallest absolute Gasteiger partial charge is 0.264 e. The topological polar surface area (TPSA) is 58.6 Å². The predicted molar refractivity (Wildman–Crippen MR) is 97.3 cm³/mol. The standard InChI is InChI=1S/C18H16Cl2N2O3/c1-22(10-17(23)21-14-5-3-2-4-13(14)20)18(24)16-9-11-8-12(19)6-7-15(11)25-16/h2-8,16H,9-10H2,1H3,(H,21,23)/t16-/m0/s1. The number of carbonyl (C=O) groups excluding carboxylic acids is 2. The first-order chi connectivity index (χ1) is 11.9. The molecule has 0 saturated carbocycles. The van der Waals surface area contributed by atoms with Crippen LogP contribution in [0.2, 0.25) is 10.0 Å². The highest BCUT2D eigenvalue weighted by atomic mass is 35.5. The predicted octanol–water partition coefficient (Wildman–Crippen LogP) is 3.39. The number of rotatable bonds is 4. The van der Waals surface area contributed by atoms with Crippen LogP contribution in [0.5, 0.6) is 5.75 Å². The SMILES string of the molecule is CN(CC(=O)Nc1ccccc1Cl)C(=O)[C@@H]1Cc2cc(Cl)ccc2O1. The lowest BCUT2D eigenvalue weighted by Gasteiger charge is -2.20. The number of ether oxygens (including phenoxy) is 1. The Hall–Kier alpha value is -2.24. The van der Waals surface area contributed by atoms with Crippen molar-refractivity contribution < 1.29 is 14.3 Å². The molecular weight excluding hydrogens is 363 g/mol. The van der Waals surface area contributed by atoms with Gasteiger partial charge in [0.2, 0.25) is 5.91 Å². The Morgan fingerprint density at radius 3 is 2.76 bits per heavy atom. The number of halogens is 2. The van der Waals surface area contributed by atoms with Crippen LogP contribution in [0.25, 0.3) is 0 Å². The van der Waals surface area contributed by atoms with E-state index >= 15 is 0 Å². The molecule has 25 heavy (non-hydrogen) atoms. The van der Waals surface area contributed by atoms with Gasteiger partial charge in [-0.05, 0) is 35.9 Å². The molecule has 2 amide bonds. The molecule has 0 aliphatic carbocycles. The van der Waals surface area contributed by atoms with E-state index in [2.05, 4.69) is 5.32 Å². The molecule has 0 unspecified atom stereocenters. The first-order valence-corrected chi connectivity index (χ1v) is 8.44. The summed E-state index contributed by atoms with van der Waals surface area (Å²) in [6.07, 6.45) is -0.211. The summed E-state index contributed by atoms with van der Waals surface area (Å²) in [5.41, 5.74) is 1.40. The minimum absolute atomic E-state index is 0.0962. The molecule has 130 valence electrons. The van der Waals surface area contributed by atoms with E-state index in [0.717, 1.165) is 5.56 Å². The van der Waals surface area contributed by atoms with Crippen molar-refractivity contribution >= 4 is 40.7 Å². The molecule has 1 aliphatic rings. The van der Waals surface area contributed by atoms with Crippen molar-refractivity contribution in [1.82, 2.24) is 4.90 Å². The average molecular weight is 379 g/mol. The van der Waals surface area contributed by atoms with Crippen molar-refractivity contribution in [3.63, 3.8) is 0 Å². The highest BCUT2D eigenvalue weighted by Crippen LogP contribution is 2.31. The molecule has 2 aromatic carbocycles. The molecular formula is C18H16Cl2N2O3. The summed E-state index contributed by atoms with van der Waals surface area (Å²) in [4.78, 5) is 26.0. The molecule has 1 atom stereocenters. The quantitative estimate of drug-likeness (QED) is 0.886. The lowest BCUT2D eigenvalue weighted by atomic mass is 10.1. The molecule has 2 aromatic rings. The van der Waals surface area contributed by atoms with E-state index in [1.807, 2.05) is 0 Å². The lowest BCUT2D eigenvalue weighted by Crippen LogP contribution is -2.42. The van der Waals surface area contributed by atoms with Crippen LogP contribution in [-0.4, -0.2) is 36.4 Å². The van der Waals surface area contributed by atoms with Gasteiger partial charge in [-0.25, -0.2) is 0 Å². The van der Waals surface area contributed by atoms with Crippen LogP contribution >= 0.6 is 23.2 Å². The summed E-state index contributed by atoms with van der Waals surface area (Å²) in [7, 11) is 1.56. The fourth-order valence-corrected chi connectivity index (χ4v) is 3.02. The number of amides is 2. The minimum atomic E-state index is -0.647. The van der Waals surface area contributed by atoms with Gasteiger partial charge in [-0.2, -0.15) is 0 Å². The van der Waals surface area contributed by atoms with Gasteiger partial charge < -0.3 is 15.0 Å². The maximum atomic E-state index is 12.5. The van der Waals surface area contributed by atoms with Gasteiger partial charge in [0.1, 0.15) is 5.75 Å². The number of benzene rings is 2. The van der Waals surface area contributed by atoms with Gasteiger partial charge in [0.25, 0.3) is 5.91 Å². The summed E-state index contributed by atoms with van der Waals surface area (Å²) in [6.45, 7) is -0.0962. The van der Waals surface area contributed by atoms with Gasteiger partial charge in [0.05, 0.1) is 17.3 Å². The van der Waals surface area contributed by atoms with Crippen molar-refractivity contribution in [3.8, 4) is 5.75 Å². The number of carbonyl (C=O) groups is 2. The molecule has 0 fully saturated rings. The van der Waals surface area contributed by atoms with E-state index in [4.69, 9.17) is 27.9 Å². The van der Waals surface area contributed by atoms with Crippen LogP contribution in [-0.2, 0) is 16.0 Å². The van der Waals surface area contributed by atoms with Gasteiger partial charge in [-0.3, -0.25) is 9.59 Å². The van der Waals surface area contributed by atoms with Crippen LogP contribution in [0.1, 0.15) is 5.56 Å². The number of nitrogens with one attached hydrogen (secondary N) is 1.